The smallest absolute Gasteiger partial charge is 0.233 e. The molecule has 1 aromatic carbocycles. The maximum Gasteiger partial charge on any atom is 0.233 e. The summed E-state index contributed by atoms with van der Waals surface area (Å²) in [5.74, 6) is 1.72. The van der Waals surface area contributed by atoms with E-state index >= 15 is 0 Å². The molecule has 160 valence electrons. The Labute approximate surface area is 180 Å². The van der Waals surface area contributed by atoms with Crippen LogP contribution in [0.5, 0.6) is 0 Å². The lowest BCUT2D eigenvalue weighted by atomic mass is 9.73. The zero-order valence-corrected chi connectivity index (χ0v) is 17.3. The van der Waals surface area contributed by atoms with E-state index < -0.39 is 5.41 Å². The SMILES string of the molecule is O=C(N1CCN(c2cc(-n3cncn3)ncn2)CC1)C1(c2ccccc2)CCOCC1. The molecule has 0 spiro atoms. The number of piperazine rings is 1. The van der Waals surface area contributed by atoms with Gasteiger partial charge in [0.2, 0.25) is 5.91 Å². The van der Waals surface area contributed by atoms with Crippen LogP contribution < -0.4 is 4.90 Å². The van der Waals surface area contributed by atoms with Crippen LogP contribution in [0.2, 0.25) is 0 Å². The molecular weight excluding hydrogens is 394 g/mol. The number of hydrogen-bond acceptors (Lipinski definition) is 7. The maximum atomic E-state index is 13.7. The fraction of sp³-hybridized carbons (Fsp3) is 0.409. The Morgan fingerprint density at radius 1 is 0.935 bits per heavy atom. The summed E-state index contributed by atoms with van der Waals surface area (Å²) in [5.41, 5.74) is 0.607. The van der Waals surface area contributed by atoms with E-state index in [-0.39, 0.29) is 5.91 Å². The fourth-order valence-electron chi connectivity index (χ4n) is 4.51. The molecule has 2 saturated heterocycles. The van der Waals surface area contributed by atoms with Gasteiger partial charge in [0.15, 0.2) is 5.82 Å². The molecule has 0 radical (unpaired) electrons. The summed E-state index contributed by atoms with van der Waals surface area (Å²) in [5, 5.41) is 4.13. The molecule has 2 aliphatic heterocycles. The van der Waals surface area contributed by atoms with E-state index in [0.717, 1.165) is 37.3 Å². The Hall–Kier alpha value is -3.33. The van der Waals surface area contributed by atoms with Crippen LogP contribution in [0.4, 0.5) is 5.82 Å². The minimum atomic E-state index is -0.489. The average Bonchev–Trinajstić information content (AvgIpc) is 3.40. The molecule has 1 amide bonds. The third-order valence-electron chi connectivity index (χ3n) is 6.26. The molecule has 0 bridgehead atoms. The second-order valence-electron chi connectivity index (χ2n) is 7.91. The normalized spacial score (nSPS) is 18.7. The molecule has 31 heavy (non-hydrogen) atoms. The molecule has 2 aliphatic rings. The van der Waals surface area contributed by atoms with Gasteiger partial charge < -0.3 is 14.5 Å². The molecule has 0 N–H and O–H groups in total. The van der Waals surface area contributed by atoms with Crippen molar-refractivity contribution in [3.05, 3.63) is 60.9 Å². The number of rotatable bonds is 4. The van der Waals surface area contributed by atoms with Gasteiger partial charge in [-0.25, -0.2) is 19.6 Å². The highest BCUT2D eigenvalue weighted by Gasteiger charge is 2.44. The molecule has 5 rings (SSSR count). The van der Waals surface area contributed by atoms with Gasteiger partial charge in [-0.15, -0.1) is 0 Å². The minimum Gasteiger partial charge on any atom is -0.381 e. The van der Waals surface area contributed by atoms with Gasteiger partial charge in [-0.2, -0.15) is 5.10 Å². The highest BCUT2D eigenvalue weighted by molar-refractivity contribution is 5.88. The van der Waals surface area contributed by atoms with Crippen molar-refractivity contribution in [3.8, 4) is 5.82 Å². The number of carbonyl (C=O) groups is 1. The summed E-state index contributed by atoms with van der Waals surface area (Å²) in [6.07, 6.45) is 6.08. The summed E-state index contributed by atoms with van der Waals surface area (Å²) < 4.78 is 7.21. The highest BCUT2D eigenvalue weighted by atomic mass is 16.5. The minimum absolute atomic E-state index is 0.215. The Morgan fingerprint density at radius 2 is 1.68 bits per heavy atom. The van der Waals surface area contributed by atoms with E-state index in [9.17, 15) is 4.79 Å². The summed E-state index contributed by atoms with van der Waals surface area (Å²) in [6.45, 7) is 4.01. The predicted octanol–water partition coefficient (Wildman–Crippen LogP) is 1.45. The van der Waals surface area contributed by atoms with Crippen molar-refractivity contribution in [2.45, 2.75) is 18.3 Å². The van der Waals surface area contributed by atoms with Crippen molar-refractivity contribution < 1.29 is 9.53 Å². The third-order valence-corrected chi connectivity index (χ3v) is 6.26. The van der Waals surface area contributed by atoms with Crippen LogP contribution in [-0.4, -0.2) is 74.9 Å². The number of nitrogens with zero attached hydrogens (tertiary/aromatic N) is 7. The molecule has 9 heteroatoms. The number of ether oxygens (including phenoxy) is 1. The Kier molecular flexibility index (Phi) is 5.33. The van der Waals surface area contributed by atoms with Crippen LogP contribution in [0.25, 0.3) is 5.82 Å². The van der Waals surface area contributed by atoms with E-state index in [2.05, 4.69) is 37.1 Å². The van der Waals surface area contributed by atoms with Gasteiger partial charge >= 0.3 is 0 Å². The first-order valence-electron chi connectivity index (χ1n) is 10.6. The average molecular weight is 419 g/mol. The van der Waals surface area contributed by atoms with Crippen LogP contribution in [0.15, 0.2) is 55.4 Å². The molecule has 3 aromatic rings. The molecule has 0 aliphatic carbocycles. The van der Waals surface area contributed by atoms with Crippen molar-refractivity contribution in [1.29, 1.82) is 0 Å². The quantitative estimate of drug-likeness (QED) is 0.632. The first kappa shape index (κ1) is 19.6. The lowest BCUT2D eigenvalue weighted by Gasteiger charge is -2.43. The van der Waals surface area contributed by atoms with Crippen LogP contribution in [0, 0.1) is 0 Å². The number of aromatic nitrogens is 5. The lowest BCUT2D eigenvalue weighted by Crippen LogP contribution is -2.56. The van der Waals surface area contributed by atoms with Crippen molar-refractivity contribution in [3.63, 3.8) is 0 Å². The van der Waals surface area contributed by atoms with Gasteiger partial charge in [-0.1, -0.05) is 30.3 Å². The largest absolute Gasteiger partial charge is 0.381 e. The van der Waals surface area contributed by atoms with Crippen molar-refractivity contribution >= 4 is 11.7 Å². The first-order valence-corrected chi connectivity index (χ1v) is 10.6. The molecule has 9 nitrogen and oxygen atoms in total. The number of benzene rings is 1. The third kappa shape index (κ3) is 3.76. The van der Waals surface area contributed by atoms with Gasteiger partial charge in [0, 0.05) is 45.5 Å². The molecule has 0 atom stereocenters. The van der Waals surface area contributed by atoms with Crippen LogP contribution in [0.3, 0.4) is 0 Å². The summed E-state index contributed by atoms with van der Waals surface area (Å²) in [6, 6.07) is 12.1. The van der Waals surface area contributed by atoms with Gasteiger partial charge in [-0.3, -0.25) is 4.79 Å². The van der Waals surface area contributed by atoms with Gasteiger partial charge in [0.1, 0.15) is 24.8 Å². The number of amides is 1. The van der Waals surface area contributed by atoms with E-state index in [4.69, 9.17) is 4.74 Å². The van der Waals surface area contributed by atoms with E-state index in [0.29, 0.717) is 32.1 Å². The van der Waals surface area contributed by atoms with E-state index in [1.165, 1.54) is 12.7 Å². The standard InChI is InChI=1S/C22H25N7O2/c30-21(22(6-12-31-13-7-22)18-4-2-1-3-5-18)28-10-8-27(9-11-28)19-14-20(25-16-24-19)29-17-23-15-26-29/h1-5,14-17H,6-13H2. The molecule has 0 unspecified atom stereocenters. The van der Waals surface area contributed by atoms with Crippen LogP contribution in [-0.2, 0) is 14.9 Å². The lowest BCUT2D eigenvalue weighted by molar-refractivity contribution is -0.141. The molecule has 4 heterocycles. The molecule has 2 aromatic heterocycles. The molecule has 0 saturated carbocycles. The fourth-order valence-corrected chi connectivity index (χ4v) is 4.51. The number of anilines is 1. The predicted molar refractivity (Wildman–Crippen MR) is 114 cm³/mol. The number of carbonyl (C=O) groups excluding carboxylic acids is 1. The number of hydrogen-bond donors (Lipinski definition) is 0. The van der Waals surface area contributed by atoms with Crippen LogP contribution >= 0.6 is 0 Å². The maximum absolute atomic E-state index is 13.7. The van der Waals surface area contributed by atoms with Gasteiger partial charge in [-0.05, 0) is 18.4 Å². The second-order valence-corrected chi connectivity index (χ2v) is 7.91. The summed E-state index contributed by atoms with van der Waals surface area (Å²) >= 11 is 0. The van der Waals surface area contributed by atoms with Crippen molar-refractivity contribution in [1.82, 2.24) is 29.6 Å². The zero-order chi connectivity index (χ0) is 21.1. The van der Waals surface area contributed by atoms with Crippen molar-refractivity contribution in [2.24, 2.45) is 0 Å². The Bertz CT molecular complexity index is 1010. The van der Waals surface area contributed by atoms with Crippen LogP contribution in [0.1, 0.15) is 18.4 Å². The summed E-state index contributed by atoms with van der Waals surface area (Å²) in [4.78, 5) is 30.6. The Balaban J connectivity index is 1.31. The monoisotopic (exact) mass is 419 g/mol. The topological polar surface area (TPSA) is 89.3 Å². The molecular formula is C22H25N7O2. The van der Waals surface area contributed by atoms with Gasteiger partial charge in [0.05, 0.1) is 5.41 Å². The highest BCUT2D eigenvalue weighted by Crippen LogP contribution is 2.37. The molecule has 2 fully saturated rings. The summed E-state index contributed by atoms with van der Waals surface area (Å²) in [7, 11) is 0. The van der Waals surface area contributed by atoms with Crippen molar-refractivity contribution in [2.75, 3.05) is 44.3 Å². The Morgan fingerprint density at radius 3 is 2.39 bits per heavy atom. The first-order chi connectivity index (χ1) is 15.3. The van der Waals surface area contributed by atoms with E-state index in [1.54, 1.807) is 11.0 Å². The second kappa shape index (κ2) is 8.43. The zero-order valence-electron chi connectivity index (χ0n) is 17.3. The van der Waals surface area contributed by atoms with Gasteiger partial charge in [0.25, 0.3) is 0 Å². The van der Waals surface area contributed by atoms with E-state index in [1.807, 2.05) is 29.2 Å².